The lowest BCUT2D eigenvalue weighted by atomic mass is 9.84. The van der Waals surface area contributed by atoms with E-state index in [-0.39, 0.29) is 16.4 Å². The Hall–Kier alpha value is -2.86. The number of carboxylic acids is 1. The number of hydrogen-bond acceptors (Lipinski definition) is 4. The summed E-state index contributed by atoms with van der Waals surface area (Å²) in [5.74, 6) is -1.80. The molecule has 0 fully saturated rings. The van der Waals surface area contributed by atoms with Crippen molar-refractivity contribution in [3.8, 4) is 11.3 Å². The molecule has 1 N–H and O–H groups in total. The lowest BCUT2D eigenvalue weighted by Crippen LogP contribution is -2.23. The van der Waals surface area contributed by atoms with Crippen molar-refractivity contribution in [1.82, 2.24) is 15.0 Å². The highest BCUT2D eigenvalue weighted by atomic mass is 35.5. The highest BCUT2D eigenvalue weighted by Gasteiger charge is 2.27. The first-order valence-corrected chi connectivity index (χ1v) is 8.17. The molecule has 26 heavy (non-hydrogen) atoms. The first-order chi connectivity index (χ1) is 12.3. The molecule has 0 aromatic carbocycles. The number of rotatable bonds is 4. The standard InChI is InChI=1S/C19H15ClFN3O2/c1-19(2,15-8-4-6-13(23-15)18(25)26)14-7-3-5-12(22-14)11-9-10-16(20)24-17(11)21/h3-10H,1-2H3,(H,25,26). The molecule has 0 aliphatic heterocycles. The van der Waals surface area contributed by atoms with Crippen LogP contribution >= 0.6 is 11.6 Å². The molecule has 132 valence electrons. The zero-order chi connectivity index (χ0) is 18.9. The van der Waals surface area contributed by atoms with Crippen LogP contribution in [0.3, 0.4) is 0 Å². The zero-order valence-electron chi connectivity index (χ0n) is 14.1. The van der Waals surface area contributed by atoms with Crippen LogP contribution in [0.2, 0.25) is 5.15 Å². The summed E-state index contributed by atoms with van der Waals surface area (Å²) in [5, 5.41) is 9.22. The van der Waals surface area contributed by atoms with Gasteiger partial charge in [0.05, 0.1) is 22.6 Å². The molecule has 3 aromatic rings. The van der Waals surface area contributed by atoms with Crippen molar-refractivity contribution < 1.29 is 14.3 Å². The van der Waals surface area contributed by atoms with Crippen molar-refractivity contribution in [3.05, 3.63) is 76.7 Å². The third-order valence-corrected chi connectivity index (χ3v) is 4.30. The number of aromatic carboxylic acids is 1. The second-order valence-corrected chi connectivity index (χ2v) is 6.61. The quantitative estimate of drug-likeness (QED) is 0.690. The number of aromatic nitrogens is 3. The van der Waals surface area contributed by atoms with E-state index in [9.17, 15) is 9.18 Å². The topological polar surface area (TPSA) is 76.0 Å². The molecule has 0 atom stereocenters. The molecule has 3 aromatic heterocycles. The number of halogens is 2. The van der Waals surface area contributed by atoms with Gasteiger partial charge in [-0.2, -0.15) is 4.39 Å². The van der Waals surface area contributed by atoms with E-state index in [2.05, 4.69) is 15.0 Å². The van der Waals surface area contributed by atoms with Crippen molar-refractivity contribution in [1.29, 1.82) is 0 Å². The van der Waals surface area contributed by atoms with Crippen LogP contribution in [0, 0.1) is 5.95 Å². The fourth-order valence-corrected chi connectivity index (χ4v) is 2.71. The normalized spacial score (nSPS) is 11.4. The van der Waals surface area contributed by atoms with E-state index in [1.165, 1.54) is 18.2 Å². The van der Waals surface area contributed by atoms with E-state index in [4.69, 9.17) is 16.7 Å². The molecule has 0 unspecified atom stereocenters. The minimum absolute atomic E-state index is 0.0420. The highest BCUT2D eigenvalue weighted by Crippen LogP contribution is 2.31. The second kappa shape index (κ2) is 6.80. The molecule has 3 heterocycles. The van der Waals surface area contributed by atoms with Gasteiger partial charge in [0.1, 0.15) is 10.8 Å². The molecule has 0 aliphatic rings. The van der Waals surface area contributed by atoms with E-state index in [1.807, 2.05) is 13.8 Å². The van der Waals surface area contributed by atoms with Gasteiger partial charge in [-0.05, 0) is 50.2 Å². The minimum atomic E-state index is -1.10. The number of nitrogens with zero attached hydrogens (tertiary/aromatic N) is 3. The van der Waals surface area contributed by atoms with Crippen molar-refractivity contribution >= 4 is 17.6 Å². The van der Waals surface area contributed by atoms with Gasteiger partial charge in [0, 0.05) is 5.41 Å². The van der Waals surface area contributed by atoms with Gasteiger partial charge < -0.3 is 5.11 Å². The average molecular weight is 372 g/mol. The molecule has 5 nitrogen and oxygen atoms in total. The fourth-order valence-electron chi connectivity index (χ4n) is 2.57. The molecular weight excluding hydrogens is 357 g/mol. The molecule has 3 rings (SSSR count). The maximum atomic E-state index is 14.1. The maximum absolute atomic E-state index is 14.1. The summed E-state index contributed by atoms with van der Waals surface area (Å²) in [5.41, 5.74) is 1.10. The molecule has 0 bridgehead atoms. The summed E-state index contributed by atoms with van der Waals surface area (Å²) < 4.78 is 14.1. The first-order valence-electron chi connectivity index (χ1n) is 7.80. The van der Waals surface area contributed by atoms with Gasteiger partial charge in [-0.15, -0.1) is 0 Å². The van der Waals surface area contributed by atoms with E-state index in [0.29, 0.717) is 17.1 Å². The van der Waals surface area contributed by atoms with Crippen LogP contribution in [0.5, 0.6) is 0 Å². The van der Waals surface area contributed by atoms with E-state index >= 15 is 0 Å². The summed E-state index contributed by atoms with van der Waals surface area (Å²) in [6.45, 7) is 3.76. The third-order valence-electron chi connectivity index (χ3n) is 4.09. The summed E-state index contributed by atoms with van der Waals surface area (Å²) in [4.78, 5) is 23.5. The molecule has 0 aliphatic carbocycles. The van der Waals surface area contributed by atoms with Crippen LogP contribution in [-0.2, 0) is 5.41 Å². The third kappa shape index (κ3) is 3.41. The Kier molecular flexibility index (Phi) is 4.70. The van der Waals surface area contributed by atoms with Gasteiger partial charge in [-0.25, -0.2) is 14.8 Å². The van der Waals surface area contributed by atoms with Crippen LogP contribution < -0.4 is 0 Å². The molecule has 0 saturated carbocycles. The monoisotopic (exact) mass is 371 g/mol. The Morgan fingerprint density at radius 2 is 1.65 bits per heavy atom. The van der Waals surface area contributed by atoms with Gasteiger partial charge in [-0.1, -0.05) is 23.7 Å². The molecule has 7 heteroatoms. The maximum Gasteiger partial charge on any atom is 0.354 e. The zero-order valence-corrected chi connectivity index (χ0v) is 14.8. The van der Waals surface area contributed by atoms with Crippen LogP contribution in [0.15, 0.2) is 48.5 Å². The van der Waals surface area contributed by atoms with Gasteiger partial charge in [0.2, 0.25) is 5.95 Å². The van der Waals surface area contributed by atoms with Crippen molar-refractivity contribution in [2.45, 2.75) is 19.3 Å². The highest BCUT2D eigenvalue weighted by molar-refractivity contribution is 6.29. The predicted octanol–water partition coefficient (Wildman–Crippen LogP) is 4.36. The molecule has 0 amide bonds. The Morgan fingerprint density at radius 1 is 1.00 bits per heavy atom. The van der Waals surface area contributed by atoms with Gasteiger partial charge in [0.15, 0.2) is 0 Å². The van der Waals surface area contributed by atoms with Gasteiger partial charge in [-0.3, -0.25) is 4.98 Å². The van der Waals surface area contributed by atoms with Crippen LogP contribution in [0.25, 0.3) is 11.3 Å². The molecular formula is C19H15ClFN3O2. The molecule has 0 radical (unpaired) electrons. The summed E-state index contributed by atoms with van der Waals surface area (Å²) in [6.07, 6.45) is 0. The Balaban J connectivity index is 2.06. The fraction of sp³-hybridized carbons (Fsp3) is 0.158. The largest absolute Gasteiger partial charge is 0.477 e. The summed E-state index contributed by atoms with van der Waals surface area (Å²) in [6, 6.07) is 13.1. The van der Waals surface area contributed by atoms with Crippen molar-refractivity contribution in [3.63, 3.8) is 0 Å². The van der Waals surface area contributed by atoms with E-state index < -0.39 is 17.3 Å². The Bertz CT molecular complexity index is 992. The average Bonchev–Trinajstić information content (AvgIpc) is 2.62. The van der Waals surface area contributed by atoms with Crippen LogP contribution in [0.1, 0.15) is 35.7 Å². The summed E-state index contributed by atoms with van der Waals surface area (Å²) >= 11 is 5.70. The first kappa shape index (κ1) is 17.9. The smallest absolute Gasteiger partial charge is 0.354 e. The molecule has 0 spiro atoms. The van der Waals surface area contributed by atoms with Gasteiger partial charge in [0.25, 0.3) is 0 Å². The van der Waals surface area contributed by atoms with Crippen LogP contribution in [-0.4, -0.2) is 26.0 Å². The van der Waals surface area contributed by atoms with E-state index in [0.717, 1.165) is 0 Å². The Morgan fingerprint density at radius 3 is 2.31 bits per heavy atom. The second-order valence-electron chi connectivity index (χ2n) is 6.22. The number of hydrogen-bond donors (Lipinski definition) is 1. The number of carbonyl (C=O) groups is 1. The van der Waals surface area contributed by atoms with Crippen molar-refractivity contribution in [2.24, 2.45) is 0 Å². The minimum Gasteiger partial charge on any atom is -0.477 e. The van der Waals surface area contributed by atoms with E-state index in [1.54, 1.807) is 30.3 Å². The SMILES string of the molecule is CC(C)(c1cccc(C(=O)O)n1)c1cccc(-c2ccc(Cl)nc2F)n1. The lowest BCUT2D eigenvalue weighted by Gasteiger charge is -2.24. The molecule has 0 saturated heterocycles. The number of carboxylic acid groups (broad SMARTS) is 1. The van der Waals surface area contributed by atoms with Crippen molar-refractivity contribution in [2.75, 3.05) is 0 Å². The van der Waals surface area contributed by atoms with Crippen LogP contribution in [0.4, 0.5) is 4.39 Å². The Labute approximate surface area is 154 Å². The lowest BCUT2D eigenvalue weighted by molar-refractivity contribution is 0.0690. The summed E-state index contributed by atoms with van der Waals surface area (Å²) in [7, 11) is 0. The van der Waals surface area contributed by atoms with Gasteiger partial charge >= 0.3 is 5.97 Å². The predicted molar refractivity (Wildman–Crippen MR) is 95.8 cm³/mol. The number of pyridine rings is 3.